The largest absolute Gasteiger partial charge is 0.413 e. The molecule has 154 valence electrons. The van der Waals surface area contributed by atoms with Crippen molar-refractivity contribution in [1.29, 1.82) is 0 Å². The number of nitrogens with zero attached hydrogens (tertiary/aromatic N) is 2. The molecule has 8 heteroatoms. The van der Waals surface area contributed by atoms with Gasteiger partial charge >= 0.3 is 6.18 Å². The monoisotopic (exact) mass is 409 g/mol. The van der Waals surface area contributed by atoms with Crippen molar-refractivity contribution in [3.8, 4) is 0 Å². The molecule has 1 saturated carbocycles. The first-order valence-corrected chi connectivity index (χ1v) is 9.61. The molecule has 29 heavy (non-hydrogen) atoms. The van der Waals surface area contributed by atoms with Crippen molar-refractivity contribution < 1.29 is 22.0 Å². The Hall–Kier alpha value is -2.51. The molecule has 2 aromatic rings. The molecule has 1 heterocycles. The highest BCUT2D eigenvalue weighted by atomic mass is 19.4. The maximum absolute atomic E-state index is 13.7. The molecule has 0 spiro atoms. The number of anilines is 1. The van der Waals surface area contributed by atoms with Gasteiger partial charge in [0.05, 0.1) is 18.1 Å². The Bertz CT molecular complexity index is 901. The van der Waals surface area contributed by atoms with Crippen molar-refractivity contribution >= 4 is 11.4 Å². The van der Waals surface area contributed by atoms with Crippen LogP contribution in [0, 0.1) is 23.5 Å². The van der Waals surface area contributed by atoms with Gasteiger partial charge in [-0.2, -0.15) is 13.2 Å². The quantitative estimate of drug-likeness (QED) is 0.640. The predicted molar refractivity (Wildman–Crippen MR) is 98.8 cm³/mol. The zero-order valence-electron chi connectivity index (χ0n) is 15.6. The van der Waals surface area contributed by atoms with E-state index in [1.165, 1.54) is 18.5 Å². The van der Waals surface area contributed by atoms with E-state index in [1.807, 2.05) is 0 Å². The predicted octanol–water partition coefficient (Wildman–Crippen LogP) is 5.89. The standard InChI is InChI=1S/C21H20F5N3/c22-17-5-2-6-18(23)15(17)9-28-20-11-27-19(10-29-20)14-7-12-3-1-4-13(12)8-16(14)21(24,25)26/h2,5-6,10-13H,1,3-4,7-9H2,(H,28,29). The molecule has 0 radical (unpaired) electrons. The Morgan fingerprint density at radius 1 is 0.966 bits per heavy atom. The average Bonchev–Trinajstić information content (AvgIpc) is 3.14. The maximum atomic E-state index is 13.7. The topological polar surface area (TPSA) is 37.8 Å². The number of hydrogen-bond acceptors (Lipinski definition) is 3. The zero-order valence-corrected chi connectivity index (χ0v) is 15.6. The molecule has 2 aliphatic carbocycles. The Morgan fingerprint density at radius 2 is 1.66 bits per heavy atom. The summed E-state index contributed by atoms with van der Waals surface area (Å²) in [5, 5.41) is 2.76. The molecule has 2 atom stereocenters. The van der Waals surface area contributed by atoms with Crippen molar-refractivity contribution in [2.45, 2.75) is 44.8 Å². The van der Waals surface area contributed by atoms with Gasteiger partial charge in [-0.3, -0.25) is 4.98 Å². The highest BCUT2D eigenvalue weighted by Crippen LogP contribution is 2.50. The first-order chi connectivity index (χ1) is 13.8. The zero-order chi connectivity index (χ0) is 20.6. The summed E-state index contributed by atoms with van der Waals surface area (Å²) in [5.74, 6) is -0.773. The van der Waals surface area contributed by atoms with Crippen LogP contribution < -0.4 is 5.32 Å². The van der Waals surface area contributed by atoms with Gasteiger partial charge in [-0.05, 0) is 55.2 Å². The molecule has 0 amide bonds. The Balaban J connectivity index is 1.54. The number of hydrogen-bond donors (Lipinski definition) is 1. The Kier molecular flexibility index (Phi) is 5.27. The lowest BCUT2D eigenvalue weighted by atomic mass is 9.76. The van der Waals surface area contributed by atoms with Crippen LogP contribution in [0.4, 0.5) is 27.8 Å². The lowest BCUT2D eigenvalue weighted by molar-refractivity contribution is -0.0962. The van der Waals surface area contributed by atoms with E-state index >= 15 is 0 Å². The number of benzene rings is 1. The number of alkyl halides is 3. The van der Waals surface area contributed by atoms with Crippen LogP contribution in [0.5, 0.6) is 0 Å². The Morgan fingerprint density at radius 3 is 2.28 bits per heavy atom. The van der Waals surface area contributed by atoms with E-state index in [2.05, 4.69) is 15.3 Å². The van der Waals surface area contributed by atoms with Gasteiger partial charge in [0.15, 0.2) is 0 Å². The minimum atomic E-state index is -4.39. The van der Waals surface area contributed by atoms with Gasteiger partial charge < -0.3 is 5.32 Å². The number of fused-ring (bicyclic) bond motifs is 1. The summed E-state index contributed by atoms with van der Waals surface area (Å²) in [6, 6.07) is 3.58. The summed E-state index contributed by atoms with van der Waals surface area (Å²) in [7, 11) is 0. The minimum Gasteiger partial charge on any atom is -0.364 e. The molecule has 0 aliphatic heterocycles. The van der Waals surface area contributed by atoms with Crippen molar-refractivity contribution in [1.82, 2.24) is 9.97 Å². The van der Waals surface area contributed by atoms with Crippen LogP contribution in [0.2, 0.25) is 0 Å². The third kappa shape index (κ3) is 4.11. The van der Waals surface area contributed by atoms with Gasteiger partial charge in [-0.1, -0.05) is 12.5 Å². The Labute approximate surface area is 165 Å². The SMILES string of the molecule is Fc1cccc(F)c1CNc1cnc(C2=C(C(F)(F)F)CC3CCCC3C2)cn1. The van der Waals surface area contributed by atoms with E-state index < -0.39 is 23.4 Å². The maximum Gasteiger partial charge on any atom is 0.413 e. The first-order valence-electron chi connectivity index (χ1n) is 9.61. The smallest absolute Gasteiger partial charge is 0.364 e. The number of nitrogens with one attached hydrogen (secondary N) is 1. The second-order valence-electron chi connectivity index (χ2n) is 7.65. The van der Waals surface area contributed by atoms with Gasteiger partial charge in [0, 0.05) is 17.7 Å². The van der Waals surface area contributed by atoms with Crippen LogP contribution in [0.1, 0.15) is 43.4 Å². The van der Waals surface area contributed by atoms with E-state index in [9.17, 15) is 22.0 Å². The van der Waals surface area contributed by atoms with Gasteiger partial charge in [0.1, 0.15) is 17.5 Å². The first kappa shape index (κ1) is 19.8. The number of rotatable bonds is 4. The normalized spacial score (nSPS) is 22.0. The second-order valence-corrected chi connectivity index (χ2v) is 7.65. The molecular formula is C21H20F5N3. The summed E-state index contributed by atoms with van der Waals surface area (Å²) < 4.78 is 68.2. The molecule has 1 aromatic carbocycles. The lowest BCUT2D eigenvalue weighted by Gasteiger charge is -2.31. The van der Waals surface area contributed by atoms with Gasteiger partial charge in [0.2, 0.25) is 0 Å². The molecule has 2 unspecified atom stereocenters. The summed E-state index contributed by atoms with van der Waals surface area (Å²) >= 11 is 0. The van der Waals surface area contributed by atoms with Gasteiger partial charge in [-0.25, -0.2) is 13.8 Å². The summed E-state index contributed by atoms with van der Waals surface area (Å²) in [6.07, 6.45) is 1.38. The van der Waals surface area contributed by atoms with Crippen molar-refractivity contribution in [2.24, 2.45) is 11.8 Å². The fourth-order valence-corrected chi connectivity index (χ4v) is 4.42. The van der Waals surface area contributed by atoms with Crippen LogP contribution in [0.25, 0.3) is 5.57 Å². The molecule has 0 bridgehead atoms. The second kappa shape index (κ2) is 7.72. The number of halogens is 5. The van der Waals surface area contributed by atoms with E-state index in [0.29, 0.717) is 6.42 Å². The van der Waals surface area contributed by atoms with Crippen LogP contribution in [-0.4, -0.2) is 16.1 Å². The molecule has 1 fully saturated rings. The average molecular weight is 409 g/mol. The molecule has 3 nitrogen and oxygen atoms in total. The summed E-state index contributed by atoms with van der Waals surface area (Å²) in [4.78, 5) is 8.28. The molecule has 1 aromatic heterocycles. The fourth-order valence-electron chi connectivity index (χ4n) is 4.42. The third-order valence-electron chi connectivity index (χ3n) is 5.92. The molecular weight excluding hydrogens is 389 g/mol. The molecule has 0 saturated heterocycles. The van der Waals surface area contributed by atoms with Crippen LogP contribution in [0.15, 0.2) is 36.2 Å². The molecule has 1 N–H and O–H groups in total. The number of allylic oxidation sites excluding steroid dienone is 2. The van der Waals surface area contributed by atoms with E-state index in [4.69, 9.17) is 0 Å². The highest BCUT2D eigenvalue weighted by molar-refractivity contribution is 5.68. The van der Waals surface area contributed by atoms with Crippen LogP contribution >= 0.6 is 0 Å². The summed E-state index contributed by atoms with van der Waals surface area (Å²) in [6.45, 7) is -0.146. The van der Waals surface area contributed by atoms with E-state index in [-0.39, 0.29) is 47.4 Å². The van der Waals surface area contributed by atoms with Crippen LogP contribution in [0.3, 0.4) is 0 Å². The lowest BCUT2D eigenvalue weighted by Crippen LogP contribution is -2.25. The molecule has 4 rings (SSSR count). The van der Waals surface area contributed by atoms with Crippen molar-refractivity contribution in [3.63, 3.8) is 0 Å². The van der Waals surface area contributed by atoms with E-state index in [0.717, 1.165) is 31.4 Å². The highest BCUT2D eigenvalue weighted by Gasteiger charge is 2.44. The number of aromatic nitrogens is 2. The van der Waals surface area contributed by atoms with E-state index in [1.54, 1.807) is 0 Å². The summed E-state index contributed by atoms with van der Waals surface area (Å²) in [5.41, 5.74) is -0.200. The minimum absolute atomic E-state index is 0.0394. The van der Waals surface area contributed by atoms with Crippen LogP contribution in [-0.2, 0) is 6.54 Å². The fraction of sp³-hybridized carbons (Fsp3) is 0.429. The van der Waals surface area contributed by atoms with Crippen molar-refractivity contribution in [2.75, 3.05) is 5.32 Å². The van der Waals surface area contributed by atoms with Gasteiger partial charge in [-0.15, -0.1) is 0 Å². The molecule has 2 aliphatic rings. The third-order valence-corrected chi connectivity index (χ3v) is 5.92. The van der Waals surface area contributed by atoms with Crippen molar-refractivity contribution in [3.05, 3.63) is 59.1 Å². The van der Waals surface area contributed by atoms with Gasteiger partial charge in [0.25, 0.3) is 0 Å².